The lowest BCUT2D eigenvalue weighted by atomic mass is 10.1. The molecular formula is C19H21N3O3. The van der Waals surface area contributed by atoms with Crippen molar-refractivity contribution in [1.29, 1.82) is 0 Å². The monoisotopic (exact) mass is 339 g/mol. The summed E-state index contributed by atoms with van der Waals surface area (Å²) in [6.07, 6.45) is 0.201. The van der Waals surface area contributed by atoms with Gasteiger partial charge in [0.25, 0.3) is 5.91 Å². The second-order valence-corrected chi connectivity index (χ2v) is 5.88. The number of benzene rings is 2. The van der Waals surface area contributed by atoms with E-state index in [9.17, 15) is 14.4 Å². The van der Waals surface area contributed by atoms with Gasteiger partial charge in [-0.05, 0) is 35.9 Å². The minimum atomic E-state index is -0.179. The van der Waals surface area contributed by atoms with Gasteiger partial charge in [-0.3, -0.25) is 14.4 Å². The molecule has 2 N–H and O–H groups in total. The van der Waals surface area contributed by atoms with Crippen molar-refractivity contribution >= 4 is 29.1 Å². The molecule has 25 heavy (non-hydrogen) atoms. The van der Waals surface area contributed by atoms with Crippen molar-refractivity contribution in [3.63, 3.8) is 0 Å². The van der Waals surface area contributed by atoms with Crippen LogP contribution in [0.15, 0.2) is 48.5 Å². The van der Waals surface area contributed by atoms with Crippen LogP contribution in [0.3, 0.4) is 0 Å². The number of carbonyl (C=O) groups excluding carboxylic acids is 3. The van der Waals surface area contributed by atoms with Crippen molar-refractivity contribution in [2.24, 2.45) is 0 Å². The first-order valence-electron chi connectivity index (χ1n) is 7.83. The van der Waals surface area contributed by atoms with Gasteiger partial charge in [-0.25, -0.2) is 0 Å². The molecule has 0 atom stereocenters. The Morgan fingerprint density at radius 3 is 2.20 bits per heavy atom. The van der Waals surface area contributed by atoms with Crippen LogP contribution < -0.4 is 10.6 Å². The molecule has 0 spiro atoms. The first-order chi connectivity index (χ1) is 11.8. The number of rotatable bonds is 5. The van der Waals surface area contributed by atoms with Gasteiger partial charge in [0, 0.05) is 38.0 Å². The summed E-state index contributed by atoms with van der Waals surface area (Å²) in [4.78, 5) is 36.6. The SMILES string of the molecule is CC(=O)Nc1ccc(CC(=O)Nc2cccc(C(=O)N(C)C)c2)cc1. The Balaban J connectivity index is 1.99. The molecule has 0 aliphatic heterocycles. The second-order valence-electron chi connectivity index (χ2n) is 5.88. The van der Waals surface area contributed by atoms with Crippen molar-refractivity contribution in [1.82, 2.24) is 4.90 Å². The molecule has 2 aromatic carbocycles. The summed E-state index contributed by atoms with van der Waals surface area (Å²) in [7, 11) is 3.36. The van der Waals surface area contributed by atoms with E-state index in [2.05, 4.69) is 10.6 Å². The highest BCUT2D eigenvalue weighted by Gasteiger charge is 2.10. The fourth-order valence-corrected chi connectivity index (χ4v) is 2.29. The highest BCUT2D eigenvalue weighted by atomic mass is 16.2. The maximum atomic E-state index is 12.2. The van der Waals surface area contributed by atoms with Crippen LogP contribution in [0.2, 0.25) is 0 Å². The molecule has 0 unspecified atom stereocenters. The van der Waals surface area contributed by atoms with E-state index in [4.69, 9.17) is 0 Å². The quantitative estimate of drug-likeness (QED) is 0.878. The molecule has 0 aliphatic rings. The van der Waals surface area contributed by atoms with Crippen LogP contribution in [-0.4, -0.2) is 36.7 Å². The summed E-state index contributed by atoms with van der Waals surface area (Å²) in [6, 6.07) is 13.9. The smallest absolute Gasteiger partial charge is 0.253 e. The van der Waals surface area contributed by atoms with E-state index in [0.29, 0.717) is 16.9 Å². The predicted molar refractivity (Wildman–Crippen MR) is 97.5 cm³/mol. The van der Waals surface area contributed by atoms with E-state index in [1.807, 2.05) is 0 Å². The molecule has 0 radical (unpaired) electrons. The zero-order chi connectivity index (χ0) is 18.4. The molecule has 0 fully saturated rings. The Bertz CT molecular complexity index is 783. The number of hydrogen-bond donors (Lipinski definition) is 2. The van der Waals surface area contributed by atoms with Crippen molar-refractivity contribution in [2.45, 2.75) is 13.3 Å². The molecule has 130 valence electrons. The van der Waals surface area contributed by atoms with Crippen molar-refractivity contribution < 1.29 is 14.4 Å². The molecule has 6 nitrogen and oxygen atoms in total. The fraction of sp³-hybridized carbons (Fsp3) is 0.211. The molecule has 0 aliphatic carbocycles. The van der Waals surface area contributed by atoms with E-state index < -0.39 is 0 Å². The number of amides is 3. The molecule has 2 rings (SSSR count). The molecule has 0 saturated heterocycles. The standard InChI is InChI=1S/C19H21N3O3/c1-13(23)20-16-9-7-14(8-10-16)11-18(24)21-17-6-4-5-15(12-17)19(25)22(2)3/h4-10,12H,11H2,1-3H3,(H,20,23)(H,21,24). The highest BCUT2D eigenvalue weighted by molar-refractivity contribution is 5.97. The maximum Gasteiger partial charge on any atom is 0.253 e. The van der Waals surface area contributed by atoms with Gasteiger partial charge in [0.2, 0.25) is 11.8 Å². The number of nitrogens with zero attached hydrogens (tertiary/aromatic N) is 1. The van der Waals surface area contributed by atoms with Crippen LogP contribution in [0.25, 0.3) is 0 Å². The topological polar surface area (TPSA) is 78.5 Å². The van der Waals surface area contributed by atoms with Crippen molar-refractivity contribution in [2.75, 3.05) is 24.7 Å². The number of anilines is 2. The van der Waals surface area contributed by atoms with E-state index in [1.54, 1.807) is 62.6 Å². The maximum absolute atomic E-state index is 12.2. The third kappa shape index (κ3) is 5.46. The van der Waals surface area contributed by atoms with E-state index >= 15 is 0 Å². The predicted octanol–water partition coefficient (Wildman–Crippen LogP) is 2.53. The first kappa shape index (κ1) is 18.2. The zero-order valence-corrected chi connectivity index (χ0v) is 14.5. The normalized spacial score (nSPS) is 10.0. The summed E-state index contributed by atoms with van der Waals surface area (Å²) in [6.45, 7) is 1.44. The van der Waals surface area contributed by atoms with Gasteiger partial charge in [0.15, 0.2) is 0 Å². The minimum Gasteiger partial charge on any atom is -0.345 e. The lowest BCUT2D eigenvalue weighted by Crippen LogP contribution is -2.22. The van der Waals surface area contributed by atoms with Gasteiger partial charge >= 0.3 is 0 Å². The summed E-state index contributed by atoms with van der Waals surface area (Å²) in [5, 5.41) is 5.47. The zero-order valence-electron chi connectivity index (χ0n) is 14.5. The number of nitrogens with one attached hydrogen (secondary N) is 2. The number of carbonyl (C=O) groups is 3. The first-order valence-corrected chi connectivity index (χ1v) is 7.83. The summed E-state index contributed by atoms with van der Waals surface area (Å²) >= 11 is 0. The molecule has 0 saturated carbocycles. The molecule has 0 bridgehead atoms. The van der Waals surface area contributed by atoms with Crippen LogP contribution in [-0.2, 0) is 16.0 Å². The average Bonchev–Trinajstić information content (AvgIpc) is 2.55. The van der Waals surface area contributed by atoms with Gasteiger partial charge in [-0.2, -0.15) is 0 Å². The Kier molecular flexibility index (Phi) is 5.89. The van der Waals surface area contributed by atoms with Crippen LogP contribution >= 0.6 is 0 Å². The van der Waals surface area contributed by atoms with Crippen molar-refractivity contribution in [3.05, 3.63) is 59.7 Å². The van der Waals surface area contributed by atoms with E-state index in [-0.39, 0.29) is 24.1 Å². The Morgan fingerprint density at radius 1 is 0.920 bits per heavy atom. The summed E-state index contributed by atoms with van der Waals surface area (Å²) in [5.74, 6) is -0.441. The van der Waals surface area contributed by atoms with Gasteiger partial charge in [0.1, 0.15) is 0 Å². The lowest BCUT2D eigenvalue weighted by molar-refractivity contribution is -0.116. The molecule has 3 amide bonds. The summed E-state index contributed by atoms with van der Waals surface area (Å²) in [5.41, 5.74) is 2.61. The fourth-order valence-electron chi connectivity index (χ4n) is 2.29. The van der Waals surface area contributed by atoms with Gasteiger partial charge in [-0.15, -0.1) is 0 Å². The van der Waals surface area contributed by atoms with E-state index in [1.165, 1.54) is 11.8 Å². The van der Waals surface area contributed by atoms with Gasteiger partial charge < -0.3 is 15.5 Å². The van der Waals surface area contributed by atoms with Crippen LogP contribution in [0, 0.1) is 0 Å². The molecule has 2 aromatic rings. The average molecular weight is 339 g/mol. The van der Waals surface area contributed by atoms with Crippen LogP contribution in [0.5, 0.6) is 0 Å². The molecule has 0 aromatic heterocycles. The largest absolute Gasteiger partial charge is 0.345 e. The third-order valence-electron chi connectivity index (χ3n) is 3.44. The van der Waals surface area contributed by atoms with Crippen LogP contribution in [0.1, 0.15) is 22.8 Å². The Morgan fingerprint density at radius 2 is 1.60 bits per heavy atom. The second kappa shape index (κ2) is 8.10. The van der Waals surface area contributed by atoms with Gasteiger partial charge in [0.05, 0.1) is 6.42 Å². The molecular weight excluding hydrogens is 318 g/mol. The minimum absolute atomic E-state index is 0.121. The summed E-state index contributed by atoms with van der Waals surface area (Å²) < 4.78 is 0. The third-order valence-corrected chi connectivity index (χ3v) is 3.44. The molecule has 0 heterocycles. The Labute approximate surface area is 146 Å². The van der Waals surface area contributed by atoms with E-state index in [0.717, 1.165) is 5.56 Å². The number of hydrogen-bond acceptors (Lipinski definition) is 3. The van der Waals surface area contributed by atoms with Crippen LogP contribution in [0.4, 0.5) is 11.4 Å². The van der Waals surface area contributed by atoms with Gasteiger partial charge in [-0.1, -0.05) is 18.2 Å². The molecule has 6 heteroatoms. The van der Waals surface area contributed by atoms with Crippen molar-refractivity contribution in [3.8, 4) is 0 Å². The lowest BCUT2D eigenvalue weighted by Gasteiger charge is -2.12. The Hall–Kier alpha value is -3.15. The highest BCUT2D eigenvalue weighted by Crippen LogP contribution is 2.14.